The summed E-state index contributed by atoms with van der Waals surface area (Å²) >= 11 is 0. The van der Waals surface area contributed by atoms with Crippen LogP contribution in [-0.4, -0.2) is 44.3 Å². The van der Waals surface area contributed by atoms with Gasteiger partial charge in [0.15, 0.2) is 6.29 Å². The monoisotopic (exact) mass is 942 g/mol. The first-order chi connectivity index (χ1) is 32.4. The maximum Gasteiger partial charge on any atom is 0.305 e. The van der Waals surface area contributed by atoms with Crippen molar-refractivity contribution in [3.63, 3.8) is 0 Å². The van der Waals surface area contributed by atoms with Crippen LogP contribution in [0.2, 0.25) is 0 Å². The molecule has 0 N–H and O–H groups in total. The zero-order valence-corrected chi connectivity index (χ0v) is 41.4. The van der Waals surface area contributed by atoms with Gasteiger partial charge in [0.2, 0.25) is 0 Å². The summed E-state index contributed by atoms with van der Waals surface area (Å²) in [4.78, 5) is 11.7. The number of hydrogen-bond donors (Lipinski definition) is 0. The van der Waals surface area contributed by atoms with Gasteiger partial charge in [-0.3, -0.25) is 13.9 Å². The molecule has 67 heavy (non-hydrogen) atoms. The van der Waals surface area contributed by atoms with E-state index in [2.05, 4.69) is 32.9 Å². The highest BCUT2D eigenvalue weighted by atomic mass is 31.2. The van der Waals surface area contributed by atoms with E-state index in [0.717, 1.165) is 38.5 Å². The predicted octanol–water partition coefficient (Wildman–Crippen LogP) is 11.8. The molecule has 10 atom stereocenters. The number of allylic oxidation sites excluding steroid dienone is 3. The molecule has 1 aliphatic heterocycles. The Morgan fingerprint density at radius 3 is 1.94 bits per heavy atom. The molecule has 4 aromatic carbocycles. The van der Waals surface area contributed by atoms with Gasteiger partial charge < -0.3 is 23.3 Å². The topological polar surface area (TPSA) is 97.4 Å². The smallest absolute Gasteiger partial charge is 0.305 e. The second kappa shape index (κ2) is 20.5. The summed E-state index contributed by atoms with van der Waals surface area (Å²) in [7, 11) is -5.79. The molecule has 0 saturated heterocycles. The minimum atomic E-state index is -3.65. The molecule has 2 unspecified atom stereocenters. The zero-order valence-electron chi connectivity index (χ0n) is 39.6. The summed E-state index contributed by atoms with van der Waals surface area (Å²) in [6, 6.07) is 37.2. The lowest BCUT2D eigenvalue weighted by Gasteiger charge is -2.58. The van der Waals surface area contributed by atoms with Crippen LogP contribution in [0.15, 0.2) is 157 Å². The molecule has 354 valence electrons. The number of rotatable bonds is 16. The first-order valence-electron chi connectivity index (χ1n) is 24.6. The van der Waals surface area contributed by atoms with Crippen molar-refractivity contribution in [1.29, 1.82) is 0 Å². The molecule has 8 nitrogen and oxygen atoms in total. The van der Waals surface area contributed by atoms with Crippen LogP contribution < -0.4 is 21.2 Å². The largest absolute Gasteiger partial charge is 0.469 e. The van der Waals surface area contributed by atoms with Crippen molar-refractivity contribution in [3.8, 4) is 0 Å². The highest BCUT2D eigenvalue weighted by molar-refractivity contribution is 7.74. The Bertz CT molecular complexity index is 2420. The third-order valence-corrected chi connectivity index (χ3v) is 21.4. The number of benzene rings is 4. The van der Waals surface area contributed by atoms with Crippen molar-refractivity contribution in [2.24, 2.45) is 34.5 Å². The zero-order chi connectivity index (χ0) is 46.7. The fourth-order valence-corrected chi connectivity index (χ4v) is 17.2. The van der Waals surface area contributed by atoms with Gasteiger partial charge in [0, 0.05) is 27.6 Å². The maximum atomic E-state index is 15.3. The third kappa shape index (κ3) is 9.74. The molecule has 3 fully saturated rings. The SMILES string of the molecule is COC(=O)CCC/C=C(\C)C1CC[C@H]2[C@@H]3CC=C4C[C@@H](OC5C=C[C@H](OP(=O)(c6ccccc6)c6ccccc6)[C@@H](COP(=O)(c6ccccc6)c6ccccc6)O5)CC[C@]4(C)[C@H]3CC[C@]12C. The van der Waals surface area contributed by atoms with Gasteiger partial charge in [-0.25, -0.2) is 0 Å². The summed E-state index contributed by atoms with van der Waals surface area (Å²) < 4.78 is 62.4. The van der Waals surface area contributed by atoms with Gasteiger partial charge in [-0.1, -0.05) is 116 Å². The number of esters is 1. The van der Waals surface area contributed by atoms with Crippen molar-refractivity contribution < 1.29 is 37.2 Å². The first kappa shape index (κ1) is 47.9. The van der Waals surface area contributed by atoms with Crippen LogP contribution in [0.25, 0.3) is 0 Å². The number of hydrogen-bond acceptors (Lipinski definition) is 8. The van der Waals surface area contributed by atoms with E-state index >= 15 is 9.13 Å². The summed E-state index contributed by atoms with van der Waals surface area (Å²) in [5.74, 6) is 2.54. The molecule has 0 amide bonds. The Labute approximate surface area is 398 Å². The molecule has 4 aliphatic carbocycles. The van der Waals surface area contributed by atoms with Crippen molar-refractivity contribution in [3.05, 3.63) is 157 Å². The molecular weight excluding hydrogens is 875 g/mol. The Morgan fingerprint density at radius 1 is 0.746 bits per heavy atom. The number of carbonyl (C=O) groups is 1. The molecule has 5 aliphatic rings. The van der Waals surface area contributed by atoms with Crippen molar-refractivity contribution in [2.75, 3.05) is 13.7 Å². The molecule has 4 aromatic rings. The minimum absolute atomic E-state index is 0.0410. The standard InChI is InChI=1S/C57H68O8P2/c1-41(19-17-18-28-54(58)61-4)49-31-32-50-48-30-29-42-39-43(35-37-56(42,2)51(48)36-38-57(49,50)3)63-55-34-33-52(65-67(60,46-24-13-7-14-25-46)47-26-15-8-16-27-47)53(64-55)40-62-66(59,44-20-9-5-10-21-44)45-22-11-6-12-23-45/h5-16,19-27,29,33-34,43,48-53,55H,17-18,28,30-32,35-40H2,1-4H3/b41-19+/t43-,48-,49?,50-,51-,52-,53+,55?,56-,57+/m0/s1. The lowest BCUT2D eigenvalue weighted by molar-refractivity contribution is -0.199. The number of carbonyl (C=O) groups excluding carboxylic acids is 1. The number of unbranched alkanes of at least 4 members (excludes halogenated alkanes) is 1. The Balaban J connectivity index is 0.927. The molecule has 10 heteroatoms. The van der Waals surface area contributed by atoms with Gasteiger partial charge in [-0.05, 0) is 160 Å². The maximum absolute atomic E-state index is 15.3. The lowest BCUT2D eigenvalue weighted by Crippen LogP contribution is -2.51. The molecule has 9 rings (SSSR count). The van der Waals surface area contributed by atoms with E-state index in [9.17, 15) is 4.79 Å². The highest BCUT2D eigenvalue weighted by Crippen LogP contribution is 2.67. The predicted molar refractivity (Wildman–Crippen MR) is 268 cm³/mol. The summed E-state index contributed by atoms with van der Waals surface area (Å²) in [6.07, 6.45) is 17.7. The van der Waals surface area contributed by atoms with Crippen molar-refractivity contribution in [1.82, 2.24) is 0 Å². The third-order valence-electron chi connectivity index (χ3n) is 16.4. The van der Waals surface area contributed by atoms with Crippen LogP contribution in [0.1, 0.15) is 91.4 Å². The fraction of sp³-hybridized carbons (Fsp3) is 0.456. The minimum Gasteiger partial charge on any atom is -0.469 e. The Hall–Kier alpha value is -4.13. The van der Waals surface area contributed by atoms with Crippen LogP contribution in [0.3, 0.4) is 0 Å². The molecule has 0 spiro atoms. The first-order valence-corrected chi connectivity index (χ1v) is 27.9. The van der Waals surface area contributed by atoms with E-state index in [1.54, 1.807) is 0 Å². The molecule has 3 saturated carbocycles. The van der Waals surface area contributed by atoms with Gasteiger partial charge in [0.05, 0.1) is 19.8 Å². The summed E-state index contributed by atoms with van der Waals surface area (Å²) in [6.45, 7) is 7.36. The Morgan fingerprint density at radius 2 is 1.34 bits per heavy atom. The number of ether oxygens (including phenoxy) is 3. The number of methoxy groups -OCH3 is 1. The van der Waals surface area contributed by atoms with Crippen LogP contribution in [0, 0.1) is 34.5 Å². The normalized spacial score (nSPS) is 30.7. The van der Waals surface area contributed by atoms with E-state index < -0.39 is 33.2 Å². The van der Waals surface area contributed by atoms with Crippen LogP contribution >= 0.6 is 14.7 Å². The molecule has 0 bridgehead atoms. The van der Waals surface area contributed by atoms with Crippen LogP contribution in [0.4, 0.5) is 0 Å². The summed E-state index contributed by atoms with van der Waals surface area (Å²) in [5, 5.41) is 2.31. The molecular formula is C57H68O8P2. The quantitative estimate of drug-likeness (QED) is 0.0474. The van der Waals surface area contributed by atoms with Crippen molar-refractivity contribution >= 4 is 41.9 Å². The Kier molecular flexibility index (Phi) is 14.6. The molecule has 0 aromatic heterocycles. The van der Waals surface area contributed by atoms with Gasteiger partial charge in [0.25, 0.3) is 14.7 Å². The summed E-state index contributed by atoms with van der Waals surface area (Å²) in [5.41, 5.74) is 3.50. The van der Waals surface area contributed by atoms with Gasteiger partial charge >= 0.3 is 5.97 Å². The number of fused-ring (bicyclic) bond motifs is 5. The average Bonchev–Trinajstić information content (AvgIpc) is 3.73. The fourth-order valence-electron chi connectivity index (χ4n) is 12.9. The van der Waals surface area contributed by atoms with Gasteiger partial charge in [-0.15, -0.1) is 0 Å². The van der Waals surface area contributed by atoms with E-state index in [0.29, 0.717) is 56.7 Å². The second-order valence-corrected chi connectivity index (χ2v) is 24.8. The van der Waals surface area contributed by atoms with E-state index in [-0.39, 0.29) is 24.1 Å². The van der Waals surface area contributed by atoms with Gasteiger partial charge in [-0.2, -0.15) is 0 Å². The highest BCUT2D eigenvalue weighted by Gasteiger charge is 2.59. The van der Waals surface area contributed by atoms with E-state index in [1.165, 1.54) is 43.9 Å². The van der Waals surface area contributed by atoms with E-state index in [4.69, 9.17) is 23.3 Å². The van der Waals surface area contributed by atoms with Gasteiger partial charge in [0.1, 0.15) is 12.2 Å². The molecule has 0 radical (unpaired) electrons. The van der Waals surface area contributed by atoms with Crippen LogP contribution in [-0.2, 0) is 37.2 Å². The second-order valence-electron chi connectivity index (χ2n) is 20.1. The van der Waals surface area contributed by atoms with Crippen molar-refractivity contribution in [2.45, 2.75) is 116 Å². The molecule has 1 heterocycles. The van der Waals surface area contributed by atoms with Crippen LogP contribution in [0.5, 0.6) is 0 Å². The average molecular weight is 943 g/mol. The van der Waals surface area contributed by atoms with E-state index in [1.807, 2.05) is 133 Å². The lowest BCUT2D eigenvalue weighted by atomic mass is 9.47.